The number of hydrogen-bond donors (Lipinski definition) is 1. The Balaban J connectivity index is 2.39. The summed E-state index contributed by atoms with van der Waals surface area (Å²) in [5.74, 6) is 0.402. The van der Waals surface area contributed by atoms with E-state index in [4.69, 9.17) is 0 Å². The molecule has 1 N–H and O–H groups in total. The van der Waals surface area contributed by atoms with Gasteiger partial charge in [-0.2, -0.15) is 0 Å². The lowest BCUT2D eigenvalue weighted by molar-refractivity contribution is 0.423. The fourth-order valence-electron chi connectivity index (χ4n) is 2.62. The van der Waals surface area contributed by atoms with E-state index in [9.17, 15) is 5.11 Å². The third-order valence-electron chi connectivity index (χ3n) is 3.99. The third kappa shape index (κ3) is 4.44. The number of aliphatic imine (C=N–C) groups is 1. The van der Waals surface area contributed by atoms with Crippen molar-refractivity contribution in [2.75, 3.05) is 0 Å². The third-order valence-corrected chi connectivity index (χ3v) is 3.99. The second-order valence-corrected chi connectivity index (χ2v) is 8.30. The minimum atomic E-state index is -0.128. The Kier molecular flexibility index (Phi) is 5.12. The zero-order valence-electron chi connectivity index (χ0n) is 15.6. The lowest BCUT2D eigenvalue weighted by atomic mass is 9.78. The Bertz CT molecular complexity index is 685. The van der Waals surface area contributed by atoms with Crippen LogP contribution in [0.2, 0.25) is 0 Å². The van der Waals surface area contributed by atoms with Gasteiger partial charge in [0.15, 0.2) is 0 Å². The maximum atomic E-state index is 10.7. The molecular formula is C21H28N2O. The molecule has 128 valence electrons. The first-order valence-corrected chi connectivity index (χ1v) is 8.36. The van der Waals surface area contributed by atoms with Gasteiger partial charge in [-0.1, -0.05) is 47.6 Å². The average molecular weight is 324 g/mol. The summed E-state index contributed by atoms with van der Waals surface area (Å²) in [6.07, 6.45) is 5.48. The average Bonchev–Trinajstić information content (AvgIpc) is 2.47. The van der Waals surface area contributed by atoms with Crippen molar-refractivity contribution in [3.63, 3.8) is 0 Å². The highest BCUT2D eigenvalue weighted by atomic mass is 16.3. The number of phenols is 1. The van der Waals surface area contributed by atoms with Crippen molar-refractivity contribution in [3.8, 4) is 5.75 Å². The Morgan fingerprint density at radius 3 is 2.08 bits per heavy atom. The molecule has 0 aliphatic rings. The molecule has 0 spiro atoms. The van der Waals surface area contributed by atoms with E-state index < -0.39 is 0 Å². The van der Waals surface area contributed by atoms with Crippen LogP contribution in [-0.4, -0.2) is 16.3 Å². The predicted octanol–water partition coefficient (Wildman–Crippen LogP) is 5.00. The van der Waals surface area contributed by atoms with Crippen molar-refractivity contribution < 1.29 is 5.11 Å². The Morgan fingerprint density at radius 1 is 1.04 bits per heavy atom. The maximum absolute atomic E-state index is 10.7. The maximum Gasteiger partial charge on any atom is 0.123 e. The van der Waals surface area contributed by atoms with Gasteiger partial charge in [-0.3, -0.25) is 9.98 Å². The fourth-order valence-corrected chi connectivity index (χ4v) is 2.62. The molecule has 0 bridgehead atoms. The minimum Gasteiger partial charge on any atom is -0.507 e. The lowest BCUT2D eigenvalue weighted by Gasteiger charge is -2.27. The van der Waals surface area contributed by atoms with Gasteiger partial charge < -0.3 is 5.11 Å². The van der Waals surface area contributed by atoms with Crippen LogP contribution in [0.5, 0.6) is 5.75 Å². The van der Waals surface area contributed by atoms with E-state index in [1.165, 1.54) is 0 Å². The number of aromatic nitrogens is 1. The number of pyridine rings is 1. The molecule has 1 aromatic heterocycles. The molecule has 0 aliphatic carbocycles. The zero-order chi connectivity index (χ0) is 18.0. The standard InChI is InChI=1S/C21H28N2O/c1-20(2,3)17-10-16(11-18(19(17)24)21(4,5)6)14-23-13-15-8-7-9-22-12-15/h7-12,14,24H,13H2,1-6H3. The van der Waals surface area contributed by atoms with Gasteiger partial charge in [-0.15, -0.1) is 0 Å². The van der Waals surface area contributed by atoms with E-state index >= 15 is 0 Å². The van der Waals surface area contributed by atoms with Crippen LogP contribution in [0, 0.1) is 0 Å². The van der Waals surface area contributed by atoms with E-state index in [2.05, 4.69) is 51.5 Å². The SMILES string of the molecule is CC(C)(C)c1cc(C=NCc2cccnc2)cc(C(C)(C)C)c1O. The van der Waals surface area contributed by atoms with Crippen LogP contribution < -0.4 is 0 Å². The molecule has 0 fully saturated rings. The van der Waals surface area contributed by atoms with Crippen LogP contribution >= 0.6 is 0 Å². The molecule has 0 unspecified atom stereocenters. The molecule has 0 amide bonds. The number of benzene rings is 1. The van der Waals surface area contributed by atoms with Crippen molar-refractivity contribution in [1.29, 1.82) is 0 Å². The fraction of sp³-hybridized carbons (Fsp3) is 0.429. The number of nitrogens with zero attached hydrogens (tertiary/aromatic N) is 2. The number of aromatic hydroxyl groups is 1. The summed E-state index contributed by atoms with van der Waals surface area (Å²) < 4.78 is 0. The van der Waals surface area contributed by atoms with Gasteiger partial charge >= 0.3 is 0 Å². The summed E-state index contributed by atoms with van der Waals surface area (Å²) >= 11 is 0. The summed E-state index contributed by atoms with van der Waals surface area (Å²) in [7, 11) is 0. The lowest BCUT2D eigenvalue weighted by Crippen LogP contribution is -2.17. The van der Waals surface area contributed by atoms with Gasteiger partial charge in [-0.25, -0.2) is 0 Å². The number of hydrogen-bond acceptors (Lipinski definition) is 3. The van der Waals surface area contributed by atoms with E-state index in [-0.39, 0.29) is 10.8 Å². The summed E-state index contributed by atoms with van der Waals surface area (Å²) in [5, 5.41) is 10.7. The highest BCUT2D eigenvalue weighted by Crippen LogP contribution is 2.39. The molecule has 0 radical (unpaired) electrons. The molecule has 0 saturated carbocycles. The highest BCUT2D eigenvalue weighted by molar-refractivity contribution is 5.81. The van der Waals surface area contributed by atoms with E-state index in [0.717, 1.165) is 22.3 Å². The summed E-state index contributed by atoms with van der Waals surface area (Å²) in [4.78, 5) is 8.65. The minimum absolute atomic E-state index is 0.128. The van der Waals surface area contributed by atoms with Crippen molar-refractivity contribution in [3.05, 3.63) is 58.9 Å². The Labute approximate surface area is 145 Å². The van der Waals surface area contributed by atoms with E-state index in [1.807, 2.05) is 36.7 Å². The molecular weight excluding hydrogens is 296 g/mol. The molecule has 0 aliphatic heterocycles. The predicted molar refractivity (Wildman–Crippen MR) is 101 cm³/mol. The van der Waals surface area contributed by atoms with Gasteiger partial charge in [0.1, 0.15) is 5.75 Å². The molecule has 2 aromatic rings. The largest absolute Gasteiger partial charge is 0.507 e. The van der Waals surface area contributed by atoms with Crippen LogP contribution in [0.3, 0.4) is 0 Å². The first kappa shape index (κ1) is 18.2. The number of rotatable bonds is 3. The van der Waals surface area contributed by atoms with Crippen molar-refractivity contribution in [2.24, 2.45) is 4.99 Å². The molecule has 0 saturated heterocycles. The summed E-state index contributed by atoms with van der Waals surface area (Å²) in [5.41, 5.74) is 3.76. The normalized spacial score (nSPS) is 12.8. The molecule has 2 rings (SSSR count). The summed E-state index contributed by atoms with van der Waals surface area (Å²) in [6.45, 7) is 13.3. The second-order valence-electron chi connectivity index (χ2n) is 8.30. The van der Waals surface area contributed by atoms with E-state index in [1.54, 1.807) is 6.20 Å². The van der Waals surface area contributed by atoms with Crippen LogP contribution in [0.25, 0.3) is 0 Å². The van der Waals surface area contributed by atoms with Crippen molar-refractivity contribution >= 4 is 6.21 Å². The van der Waals surface area contributed by atoms with Crippen LogP contribution in [-0.2, 0) is 17.4 Å². The van der Waals surface area contributed by atoms with Crippen molar-refractivity contribution in [2.45, 2.75) is 58.9 Å². The molecule has 24 heavy (non-hydrogen) atoms. The van der Waals surface area contributed by atoms with Gasteiger partial charge in [0.05, 0.1) is 6.54 Å². The topological polar surface area (TPSA) is 45.5 Å². The van der Waals surface area contributed by atoms with E-state index in [0.29, 0.717) is 12.3 Å². The quantitative estimate of drug-likeness (QED) is 0.807. The van der Waals surface area contributed by atoms with Gasteiger partial charge in [-0.05, 0) is 40.2 Å². The zero-order valence-corrected chi connectivity index (χ0v) is 15.6. The first-order valence-electron chi connectivity index (χ1n) is 8.36. The van der Waals surface area contributed by atoms with Crippen molar-refractivity contribution in [1.82, 2.24) is 4.98 Å². The summed E-state index contributed by atoms with van der Waals surface area (Å²) in [6, 6.07) is 8.01. The van der Waals surface area contributed by atoms with Gasteiger partial charge in [0.2, 0.25) is 0 Å². The molecule has 3 heteroatoms. The number of phenolic OH excluding ortho intramolecular Hbond substituents is 1. The Morgan fingerprint density at radius 2 is 1.62 bits per heavy atom. The van der Waals surface area contributed by atoms with Crippen LogP contribution in [0.15, 0.2) is 41.7 Å². The second kappa shape index (κ2) is 6.76. The smallest absolute Gasteiger partial charge is 0.123 e. The van der Waals surface area contributed by atoms with Gasteiger partial charge in [0.25, 0.3) is 0 Å². The molecule has 1 heterocycles. The Hall–Kier alpha value is -2.16. The molecule has 3 nitrogen and oxygen atoms in total. The highest BCUT2D eigenvalue weighted by Gasteiger charge is 2.26. The van der Waals surface area contributed by atoms with Crippen LogP contribution in [0.1, 0.15) is 63.8 Å². The van der Waals surface area contributed by atoms with Gasteiger partial charge in [0, 0.05) is 29.7 Å². The van der Waals surface area contributed by atoms with Crippen LogP contribution in [0.4, 0.5) is 0 Å². The molecule has 1 aromatic carbocycles. The first-order chi connectivity index (χ1) is 11.1. The molecule has 0 atom stereocenters. The monoisotopic (exact) mass is 324 g/mol.